The number of carbonyl (C=O) groups is 1. The zero-order valence-electron chi connectivity index (χ0n) is 11.2. The number of nitrogens with zero attached hydrogens (tertiary/aromatic N) is 1. The first kappa shape index (κ1) is 13.9. The molecule has 4 nitrogen and oxygen atoms in total. The molecule has 3 rings (SSSR count). The van der Waals surface area contributed by atoms with Gasteiger partial charge in [-0.2, -0.15) is 0 Å². The van der Waals surface area contributed by atoms with E-state index in [0.717, 1.165) is 25.1 Å². The van der Waals surface area contributed by atoms with Crippen LogP contribution in [0.3, 0.4) is 0 Å². The van der Waals surface area contributed by atoms with E-state index in [0.29, 0.717) is 22.7 Å². The van der Waals surface area contributed by atoms with Crippen LogP contribution in [0.15, 0.2) is 22.7 Å². The van der Waals surface area contributed by atoms with E-state index in [2.05, 4.69) is 20.8 Å². The van der Waals surface area contributed by atoms with Crippen LogP contribution >= 0.6 is 15.9 Å². The van der Waals surface area contributed by atoms with E-state index in [4.69, 9.17) is 4.74 Å². The van der Waals surface area contributed by atoms with E-state index < -0.39 is 5.97 Å². The summed E-state index contributed by atoms with van der Waals surface area (Å²) < 4.78 is 6.50. The highest BCUT2D eigenvalue weighted by molar-refractivity contribution is 9.10. The van der Waals surface area contributed by atoms with E-state index in [1.165, 1.54) is 12.8 Å². The van der Waals surface area contributed by atoms with Gasteiger partial charge in [0.05, 0.1) is 30.0 Å². The van der Waals surface area contributed by atoms with Gasteiger partial charge in [0, 0.05) is 11.0 Å². The SMILES string of the molecule is O=C(O)c1c(Br)cccc1N1CCOC2CCCCC21. The summed E-state index contributed by atoms with van der Waals surface area (Å²) in [7, 11) is 0. The van der Waals surface area contributed by atoms with Crippen LogP contribution in [-0.2, 0) is 4.74 Å². The molecule has 0 radical (unpaired) electrons. The van der Waals surface area contributed by atoms with Crippen LogP contribution in [0.1, 0.15) is 36.0 Å². The predicted octanol–water partition coefficient (Wildman–Crippen LogP) is 3.30. The molecule has 1 aromatic carbocycles. The highest BCUT2D eigenvalue weighted by Gasteiger charge is 2.35. The van der Waals surface area contributed by atoms with E-state index in [9.17, 15) is 9.90 Å². The number of hydrogen-bond donors (Lipinski definition) is 1. The van der Waals surface area contributed by atoms with Gasteiger partial charge in [0.25, 0.3) is 0 Å². The molecule has 108 valence electrons. The summed E-state index contributed by atoms with van der Waals surface area (Å²) in [6.45, 7) is 1.44. The Kier molecular flexibility index (Phi) is 3.98. The quantitative estimate of drug-likeness (QED) is 0.898. The Morgan fingerprint density at radius 3 is 2.95 bits per heavy atom. The number of carboxylic acid groups (broad SMARTS) is 1. The van der Waals surface area contributed by atoms with Gasteiger partial charge >= 0.3 is 5.97 Å². The maximum absolute atomic E-state index is 11.6. The van der Waals surface area contributed by atoms with Crippen molar-refractivity contribution in [2.45, 2.75) is 37.8 Å². The minimum atomic E-state index is -0.883. The molecule has 1 saturated heterocycles. The normalized spacial score (nSPS) is 26.1. The van der Waals surface area contributed by atoms with Gasteiger partial charge in [-0.3, -0.25) is 0 Å². The number of hydrogen-bond acceptors (Lipinski definition) is 3. The highest BCUT2D eigenvalue weighted by atomic mass is 79.9. The summed E-state index contributed by atoms with van der Waals surface area (Å²) in [4.78, 5) is 13.8. The van der Waals surface area contributed by atoms with Crippen LogP contribution in [0.25, 0.3) is 0 Å². The summed E-state index contributed by atoms with van der Waals surface area (Å²) in [5.74, 6) is -0.883. The third kappa shape index (κ3) is 2.44. The van der Waals surface area contributed by atoms with Crippen LogP contribution in [0.2, 0.25) is 0 Å². The first-order valence-corrected chi connectivity index (χ1v) is 7.88. The summed E-state index contributed by atoms with van der Waals surface area (Å²) in [6, 6.07) is 5.90. The Morgan fingerprint density at radius 2 is 2.15 bits per heavy atom. The van der Waals surface area contributed by atoms with Crippen molar-refractivity contribution in [1.29, 1.82) is 0 Å². The second-order valence-electron chi connectivity index (χ2n) is 5.39. The molecular weight excluding hydrogens is 322 g/mol. The van der Waals surface area contributed by atoms with Crippen LogP contribution in [0.4, 0.5) is 5.69 Å². The molecule has 0 aromatic heterocycles. The molecule has 1 aliphatic heterocycles. The fourth-order valence-electron chi connectivity index (χ4n) is 3.36. The molecule has 20 heavy (non-hydrogen) atoms. The molecule has 0 spiro atoms. The van der Waals surface area contributed by atoms with E-state index in [-0.39, 0.29) is 6.10 Å². The monoisotopic (exact) mass is 339 g/mol. The lowest BCUT2D eigenvalue weighted by Crippen LogP contribution is -2.53. The Hall–Kier alpha value is -1.07. The number of benzene rings is 1. The van der Waals surface area contributed by atoms with Gasteiger partial charge in [0.2, 0.25) is 0 Å². The predicted molar refractivity (Wildman–Crippen MR) is 80.4 cm³/mol. The van der Waals surface area contributed by atoms with Crippen molar-refractivity contribution in [3.8, 4) is 0 Å². The number of anilines is 1. The second-order valence-corrected chi connectivity index (χ2v) is 6.25. The minimum Gasteiger partial charge on any atom is -0.478 e. The van der Waals surface area contributed by atoms with Gasteiger partial charge in [0.15, 0.2) is 0 Å². The molecule has 0 bridgehead atoms. The summed E-state index contributed by atoms with van der Waals surface area (Å²) >= 11 is 3.36. The smallest absolute Gasteiger partial charge is 0.338 e. The lowest BCUT2D eigenvalue weighted by molar-refractivity contribution is -0.00878. The van der Waals surface area contributed by atoms with Crippen molar-refractivity contribution in [2.24, 2.45) is 0 Å². The Labute approximate surface area is 126 Å². The maximum Gasteiger partial charge on any atom is 0.338 e. The van der Waals surface area contributed by atoms with E-state index in [1.807, 2.05) is 12.1 Å². The second kappa shape index (κ2) is 5.74. The number of ether oxygens (including phenoxy) is 1. The summed E-state index contributed by atoms with van der Waals surface area (Å²) in [5.41, 5.74) is 1.17. The van der Waals surface area contributed by atoms with Crippen molar-refractivity contribution in [2.75, 3.05) is 18.1 Å². The number of fused-ring (bicyclic) bond motifs is 1. The van der Waals surface area contributed by atoms with Crippen LogP contribution < -0.4 is 4.90 Å². The van der Waals surface area contributed by atoms with Crippen LogP contribution in [0, 0.1) is 0 Å². The van der Waals surface area contributed by atoms with E-state index in [1.54, 1.807) is 6.07 Å². The first-order valence-electron chi connectivity index (χ1n) is 7.08. The molecule has 2 fully saturated rings. The Morgan fingerprint density at radius 1 is 1.35 bits per heavy atom. The number of halogens is 1. The number of morpholine rings is 1. The fourth-order valence-corrected chi connectivity index (χ4v) is 3.88. The average molecular weight is 340 g/mol. The zero-order valence-corrected chi connectivity index (χ0v) is 12.8. The molecule has 2 unspecified atom stereocenters. The standard InChI is InChI=1S/C15H18BrNO3/c16-10-4-3-6-12(14(10)15(18)19)17-8-9-20-13-7-2-1-5-11(13)17/h3-4,6,11,13H,1-2,5,7-9H2,(H,18,19). The van der Waals surface area contributed by atoms with Gasteiger partial charge in [-0.05, 0) is 40.9 Å². The molecule has 1 aromatic rings. The van der Waals surface area contributed by atoms with Gasteiger partial charge < -0.3 is 14.7 Å². The molecule has 1 heterocycles. The third-order valence-corrected chi connectivity index (χ3v) is 4.91. The Bertz CT molecular complexity index is 518. The number of aromatic carboxylic acids is 1. The average Bonchev–Trinajstić information content (AvgIpc) is 2.46. The molecular formula is C15H18BrNO3. The van der Waals surface area contributed by atoms with Crippen molar-refractivity contribution in [1.82, 2.24) is 0 Å². The minimum absolute atomic E-state index is 0.248. The number of rotatable bonds is 2. The molecule has 1 aliphatic carbocycles. The molecule has 2 aliphatic rings. The lowest BCUT2D eigenvalue weighted by Gasteiger charge is -2.45. The van der Waals surface area contributed by atoms with Gasteiger partial charge in [0.1, 0.15) is 0 Å². The number of carboxylic acids is 1. The van der Waals surface area contributed by atoms with Crippen LogP contribution in [0.5, 0.6) is 0 Å². The first-order chi connectivity index (χ1) is 9.68. The zero-order chi connectivity index (χ0) is 14.1. The highest BCUT2D eigenvalue weighted by Crippen LogP contribution is 2.35. The maximum atomic E-state index is 11.6. The van der Waals surface area contributed by atoms with Crippen molar-refractivity contribution in [3.05, 3.63) is 28.2 Å². The van der Waals surface area contributed by atoms with E-state index >= 15 is 0 Å². The van der Waals surface area contributed by atoms with Gasteiger partial charge in [-0.15, -0.1) is 0 Å². The molecule has 0 amide bonds. The summed E-state index contributed by atoms with van der Waals surface area (Å²) in [5, 5.41) is 9.49. The fraction of sp³-hybridized carbons (Fsp3) is 0.533. The summed E-state index contributed by atoms with van der Waals surface area (Å²) in [6.07, 6.45) is 4.81. The molecule has 5 heteroatoms. The largest absolute Gasteiger partial charge is 0.478 e. The van der Waals surface area contributed by atoms with Crippen LogP contribution in [-0.4, -0.2) is 36.4 Å². The Balaban J connectivity index is 1.99. The lowest BCUT2D eigenvalue weighted by atomic mass is 9.89. The van der Waals surface area contributed by atoms with Gasteiger partial charge in [-0.1, -0.05) is 18.9 Å². The third-order valence-electron chi connectivity index (χ3n) is 4.25. The van der Waals surface area contributed by atoms with Gasteiger partial charge in [-0.25, -0.2) is 4.79 Å². The van der Waals surface area contributed by atoms with Crippen molar-refractivity contribution in [3.63, 3.8) is 0 Å². The molecule has 1 saturated carbocycles. The van der Waals surface area contributed by atoms with Crippen molar-refractivity contribution < 1.29 is 14.6 Å². The van der Waals surface area contributed by atoms with Crippen molar-refractivity contribution >= 4 is 27.6 Å². The topological polar surface area (TPSA) is 49.8 Å². The molecule has 2 atom stereocenters. The molecule has 1 N–H and O–H groups in total.